The van der Waals surface area contributed by atoms with Crippen LogP contribution in [-0.2, 0) is 0 Å². The van der Waals surface area contributed by atoms with Crippen LogP contribution in [0.5, 0.6) is 11.5 Å². The van der Waals surface area contributed by atoms with E-state index in [-0.39, 0.29) is 13.0 Å². The summed E-state index contributed by atoms with van der Waals surface area (Å²) in [5.41, 5.74) is 4.80. The van der Waals surface area contributed by atoms with Gasteiger partial charge in [-0.1, -0.05) is 0 Å². The third-order valence-corrected chi connectivity index (χ3v) is 2.18. The first-order valence-corrected chi connectivity index (χ1v) is 4.65. The van der Waals surface area contributed by atoms with Gasteiger partial charge in [0.25, 0.3) is 0 Å². The van der Waals surface area contributed by atoms with Gasteiger partial charge in [0, 0.05) is 6.07 Å². The van der Waals surface area contributed by atoms with Crippen LogP contribution >= 0.6 is 0 Å². The molecule has 1 aromatic carbocycles. The van der Waals surface area contributed by atoms with E-state index < -0.39 is 34.8 Å². The van der Waals surface area contributed by atoms with Gasteiger partial charge >= 0.3 is 0 Å². The van der Waals surface area contributed by atoms with Crippen LogP contribution in [0.1, 0.15) is 18.1 Å². The average molecular weight is 233 g/mol. The van der Waals surface area contributed by atoms with E-state index in [1.165, 1.54) is 0 Å². The Hall–Kier alpha value is -1.40. The van der Waals surface area contributed by atoms with Crippen LogP contribution in [0.25, 0.3) is 0 Å². The Morgan fingerprint density at radius 1 is 1.44 bits per heavy atom. The number of ether oxygens (including phenoxy) is 1. The van der Waals surface area contributed by atoms with Crippen LogP contribution in [-0.4, -0.2) is 23.9 Å². The second kappa shape index (κ2) is 5.09. The first-order valence-electron chi connectivity index (χ1n) is 4.65. The largest absolute Gasteiger partial charge is 0.504 e. The Kier molecular flexibility index (Phi) is 4.03. The molecule has 4 N–H and O–H groups in total. The number of phenols is 1. The lowest BCUT2D eigenvalue weighted by Crippen LogP contribution is -2.09. The summed E-state index contributed by atoms with van der Waals surface area (Å²) in [6.45, 7) is 0.111. The van der Waals surface area contributed by atoms with Gasteiger partial charge in [-0.25, -0.2) is 8.78 Å². The molecule has 16 heavy (non-hydrogen) atoms. The maximum absolute atomic E-state index is 13.3. The van der Waals surface area contributed by atoms with Gasteiger partial charge in [-0.15, -0.1) is 0 Å². The molecule has 0 amide bonds. The van der Waals surface area contributed by atoms with E-state index in [1.807, 2.05) is 0 Å². The highest BCUT2D eigenvalue weighted by molar-refractivity contribution is 5.48. The van der Waals surface area contributed by atoms with Crippen molar-refractivity contribution in [1.29, 1.82) is 0 Å². The second-order valence-electron chi connectivity index (χ2n) is 3.23. The van der Waals surface area contributed by atoms with Crippen molar-refractivity contribution in [3.63, 3.8) is 0 Å². The highest BCUT2D eigenvalue weighted by atomic mass is 19.1. The molecule has 0 aliphatic rings. The van der Waals surface area contributed by atoms with Crippen molar-refractivity contribution in [3.05, 3.63) is 23.3 Å². The summed E-state index contributed by atoms with van der Waals surface area (Å²) in [6, 6.07) is 0.549. The van der Waals surface area contributed by atoms with Gasteiger partial charge in [0.1, 0.15) is 5.82 Å². The van der Waals surface area contributed by atoms with Crippen LogP contribution in [0, 0.1) is 11.6 Å². The summed E-state index contributed by atoms with van der Waals surface area (Å²) in [5, 5.41) is 19.1. The number of hydrogen-bond acceptors (Lipinski definition) is 4. The molecule has 0 fully saturated rings. The molecule has 0 aromatic heterocycles. The maximum Gasteiger partial charge on any atom is 0.197 e. The van der Waals surface area contributed by atoms with Crippen molar-refractivity contribution in [2.45, 2.75) is 12.5 Å². The van der Waals surface area contributed by atoms with Crippen molar-refractivity contribution in [2.75, 3.05) is 13.7 Å². The summed E-state index contributed by atoms with van der Waals surface area (Å²) in [6.07, 6.45) is -1.24. The first kappa shape index (κ1) is 12.7. The molecular formula is C10H13F2NO3. The molecule has 0 bridgehead atoms. The Morgan fingerprint density at radius 3 is 2.56 bits per heavy atom. The standard InChI is InChI=1S/C10H13F2NO3/c1-16-10-6(12)4-5(11)8(9(10)15)7(14)2-3-13/h4,7,14-15H,2-3,13H2,1H3. The molecule has 1 rings (SSSR count). The number of nitrogens with two attached hydrogens (primary N) is 1. The summed E-state index contributed by atoms with van der Waals surface area (Å²) in [7, 11) is 1.13. The Labute approximate surface area is 91.3 Å². The van der Waals surface area contributed by atoms with Gasteiger partial charge in [-0.3, -0.25) is 0 Å². The van der Waals surface area contributed by atoms with Gasteiger partial charge in [-0.05, 0) is 13.0 Å². The maximum atomic E-state index is 13.3. The molecular weight excluding hydrogens is 220 g/mol. The highest BCUT2D eigenvalue weighted by Crippen LogP contribution is 2.38. The van der Waals surface area contributed by atoms with E-state index in [4.69, 9.17) is 5.73 Å². The topological polar surface area (TPSA) is 75.7 Å². The molecule has 0 spiro atoms. The lowest BCUT2D eigenvalue weighted by Gasteiger charge is -2.15. The lowest BCUT2D eigenvalue weighted by molar-refractivity contribution is 0.160. The first-order chi connectivity index (χ1) is 7.52. The van der Waals surface area contributed by atoms with Crippen molar-refractivity contribution in [1.82, 2.24) is 0 Å². The van der Waals surface area contributed by atoms with Crippen LogP contribution in [0.3, 0.4) is 0 Å². The van der Waals surface area contributed by atoms with Crippen molar-refractivity contribution < 1.29 is 23.7 Å². The number of halogens is 2. The van der Waals surface area contributed by atoms with Gasteiger partial charge < -0.3 is 20.7 Å². The lowest BCUT2D eigenvalue weighted by atomic mass is 10.0. The average Bonchev–Trinajstić information content (AvgIpc) is 2.17. The van der Waals surface area contributed by atoms with E-state index in [0.29, 0.717) is 6.07 Å². The molecule has 1 aromatic rings. The number of hydrogen-bond donors (Lipinski definition) is 3. The molecule has 1 atom stereocenters. The molecule has 0 radical (unpaired) electrons. The molecule has 0 heterocycles. The summed E-state index contributed by atoms with van der Waals surface area (Å²) in [5.74, 6) is -3.29. The van der Waals surface area contributed by atoms with Gasteiger partial charge in [0.05, 0.1) is 18.8 Å². The fourth-order valence-corrected chi connectivity index (χ4v) is 1.42. The predicted octanol–water partition coefficient (Wildman–Crippen LogP) is 1.06. The molecule has 0 aliphatic heterocycles. The fourth-order valence-electron chi connectivity index (χ4n) is 1.42. The number of aliphatic hydroxyl groups is 1. The van der Waals surface area contributed by atoms with E-state index >= 15 is 0 Å². The highest BCUT2D eigenvalue weighted by Gasteiger charge is 2.23. The molecule has 4 nitrogen and oxygen atoms in total. The minimum absolute atomic E-state index is 0.0548. The summed E-state index contributed by atoms with van der Waals surface area (Å²) >= 11 is 0. The SMILES string of the molecule is COc1c(F)cc(F)c(C(O)CCN)c1O. The minimum Gasteiger partial charge on any atom is -0.504 e. The monoisotopic (exact) mass is 233 g/mol. The zero-order valence-electron chi connectivity index (χ0n) is 8.70. The third-order valence-electron chi connectivity index (χ3n) is 2.18. The second-order valence-corrected chi connectivity index (χ2v) is 3.23. The Balaban J connectivity index is 3.27. The Morgan fingerprint density at radius 2 is 2.06 bits per heavy atom. The number of aromatic hydroxyl groups is 1. The van der Waals surface area contributed by atoms with E-state index in [0.717, 1.165) is 7.11 Å². The third kappa shape index (κ3) is 2.23. The van der Waals surface area contributed by atoms with Crippen LogP contribution in [0.4, 0.5) is 8.78 Å². The molecule has 0 saturated heterocycles. The number of aliphatic hydroxyl groups excluding tert-OH is 1. The van der Waals surface area contributed by atoms with E-state index in [2.05, 4.69) is 4.74 Å². The normalized spacial score (nSPS) is 12.6. The minimum atomic E-state index is -1.29. The van der Waals surface area contributed by atoms with Gasteiger partial charge in [-0.2, -0.15) is 0 Å². The molecule has 90 valence electrons. The fraction of sp³-hybridized carbons (Fsp3) is 0.400. The Bertz CT molecular complexity index is 385. The summed E-state index contributed by atoms with van der Waals surface area (Å²) in [4.78, 5) is 0. The van der Waals surface area contributed by atoms with Gasteiger partial charge in [0.15, 0.2) is 17.3 Å². The predicted molar refractivity (Wildman–Crippen MR) is 53.2 cm³/mol. The number of benzene rings is 1. The molecule has 1 unspecified atom stereocenters. The zero-order chi connectivity index (χ0) is 12.3. The van der Waals surface area contributed by atoms with Gasteiger partial charge in [0.2, 0.25) is 0 Å². The van der Waals surface area contributed by atoms with E-state index in [9.17, 15) is 19.0 Å². The summed E-state index contributed by atoms with van der Waals surface area (Å²) < 4.78 is 31.0. The van der Waals surface area contributed by atoms with Crippen molar-refractivity contribution >= 4 is 0 Å². The van der Waals surface area contributed by atoms with Crippen LogP contribution in [0.2, 0.25) is 0 Å². The zero-order valence-corrected chi connectivity index (χ0v) is 8.70. The van der Waals surface area contributed by atoms with Crippen LogP contribution in [0.15, 0.2) is 6.07 Å². The van der Waals surface area contributed by atoms with Crippen molar-refractivity contribution in [3.8, 4) is 11.5 Å². The quantitative estimate of drug-likeness (QED) is 0.726. The van der Waals surface area contributed by atoms with Crippen molar-refractivity contribution in [2.24, 2.45) is 5.73 Å². The van der Waals surface area contributed by atoms with E-state index in [1.54, 1.807) is 0 Å². The molecule has 0 aliphatic carbocycles. The smallest absolute Gasteiger partial charge is 0.197 e. The molecule has 0 saturated carbocycles. The molecule has 6 heteroatoms. The number of rotatable bonds is 4. The number of phenolic OH excluding ortho intramolecular Hbond substituents is 1. The van der Waals surface area contributed by atoms with Crippen LogP contribution < -0.4 is 10.5 Å². The number of methoxy groups -OCH3 is 1.